The molecule has 2 rings (SSSR count). The van der Waals surface area contributed by atoms with Crippen LogP contribution in [0.2, 0.25) is 0 Å². The summed E-state index contributed by atoms with van der Waals surface area (Å²) in [6, 6.07) is 13.7. The minimum Gasteiger partial charge on any atom is -0.383 e. The molecule has 0 aliphatic carbocycles. The van der Waals surface area contributed by atoms with Crippen LogP contribution in [-0.4, -0.2) is 11.2 Å². The molecule has 2 N–H and O–H groups in total. The summed E-state index contributed by atoms with van der Waals surface area (Å²) in [6.07, 6.45) is 1.93. The smallest absolute Gasteiger partial charge is 0.143 e. The number of nitrogen functional groups attached to an aromatic ring is 1. The number of anilines is 1. The summed E-state index contributed by atoms with van der Waals surface area (Å²) in [5.41, 5.74) is 8.06. The van der Waals surface area contributed by atoms with Crippen LogP contribution < -0.4 is 5.73 Å². The van der Waals surface area contributed by atoms with Crippen molar-refractivity contribution < 1.29 is 0 Å². The molecule has 1 heterocycles. The number of benzene rings is 1. The van der Waals surface area contributed by atoms with E-state index in [1.165, 1.54) is 11.8 Å². The molecule has 84 valence electrons. The van der Waals surface area contributed by atoms with Gasteiger partial charge in [0.1, 0.15) is 17.5 Å². The van der Waals surface area contributed by atoms with Gasteiger partial charge in [-0.3, -0.25) is 0 Å². The highest BCUT2D eigenvalue weighted by Gasteiger charge is 2.11. The van der Waals surface area contributed by atoms with Crippen molar-refractivity contribution in [3.8, 4) is 17.2 Å². The largest absolute Gasteiger partial charge is 0.383 e. The van der Waals surface area contributed by atoms with Crippen LogP contribution in [0.15, 0.2) is 41.4 Å². The summed E-state index contributed by atoms with van der Waals surface area (Å²) < 4.78 is 0. The first kappa shape index (κ1) is 11.5. The number of aromatic nitrogens is 1. The van der Waals surface area contributed by atoms with Crippen LogP contribution in [0.5, 0.6) is 0 Å². The molecule has 1 aromatic heterocycles. The Bertz CT molecular complexity index is 573. The van der Waals surface area contributed by atoms with Crippen molar-refractivity contribution in [2.24, 2.45) is 0 Å². The summed E-state index contributed by atoms with van der Waals surface area (Å²) in [7, 11) is 0. The van der Waals surface area contributed by atoms with Gasteiger partial charge in [0.15, 0.2) is 0 Å². The molecule has 0 aliphatic heterocycles. The van der Waals surface area contributed by atoms with E-state index in [9.17, 15) is 0 Å². The highest BCUT2D eigenvalue weighted by atomic mass is 32.2. The van der Waals surface area contributed by atoms with E-state index in [4.69, 9.17) is 11.0 Å². The van der Waals surface area contributed by atoms with Crippen LogP contribution >= 0.6 is 11.8 Å². The van der Waals surface area contributed by atoms with Crippen molar-refractivity contribution in [3.05, 3.63) is 42.0 Å². The second-order valence-electron chi connectivity index (χ2n) is 3.45. The van der Waals surface area contributed by atoms with Gasteiger partial charge in [0.2, 0.25) is 0 Å². The van der Waals surface area contributed by atoms with Gasteiger partial charge in [-0.05, 0) is 17.9 Å². The molecule has 0 aliphatic rings. The predicted molar refractivity (Wildman–Crippen MR) is 70.6 cm³/mol. The minimum atomic E-state index is 0.290. The fourth-order valence-corrected chi connectivity index (χ4v) is 2.03. The van der Waals surface area contributed by atoms with Crippen molar-refractivity contribution >= 4 is 17.6 Å². The standard InChI is InChI=1S/C13H11N3S/c1-17-12-7-10(9-5-3-2-4-6-9)11(8-14)13(15)16-12/h2-7H,1H3,(H2,15,16). The highest BCUT2D eigenvalue weighted by Crippen LogP contribution is 2.29. The van der Waals surface area contributed by atoms with Crippen molar-refractivity contribution in [1.29, 1.82) is 5.26 Å². The number of nitriles is 1. The number of hydrogen-bond acceptors (Lipinski definition) is 4. The molecule has 2 aromatic rings. The Morgan fingerprint density at radius 1 is 1.29 bits per heavy atom. The molecular formula is C13H11N3S. The number of hydrogen-bond donors (Lipinski definition) is 1. The maximum absolute atomic E-state index is 9.15. The van der Waals surface area contributed by atoms with Gasteiger partial charge >= 0.3 is 0 Å². The summed E-state index contributed by atoms with van der Waals surface area (Å²) >= 11 is 1.51. The van der Waals surface area contributed by atoms with E-state index in [0.717, 1.165) is 16.2 Å². The molecule has 1 aromatic carbocycles. The van der Waals surface area contributed by atoms with Gasteiger partial charge in [0.05, 0.1) is 5.03 Å². The number of thioether (sulfide) groups is 1. The number of pyridine rings is 1. The zero-order chi connectivity index (χ0) is 12.3. The second-order valence-corrected chi connectivity index (χ2v) is 4.28. The van der Waals surface area contributed by atoms with Crippen molar-refractivity contribution in [1.82, 2.24) is 4.98 Å². The number of nitrogens with zero attached hydrogens (tertiary/aromatic N) is 2. The van der Waals surface area contributed by atoms with Gasteiger partial charge in [-0.1, -0.05) is 30.3 Å². The molecule has 0 atom stereocenters. The van der Waals surface area contributed by atoms with Crippen LogP contribution in [0.1, 0.15) is 5.56 Å². The Labute approximate surface area is 104 Å². The van der Waals surface area contributed by atoms with E-state index in [0.29, 0.717) is 11.4 Å². The Balaban J connectivity index is 2.68. The summed E-state index contributed by atoms with van der Waals surface area (Å²) in [4.78, 5) is 4.17. The lowest BCUT2D eigenvalue weighted by atomic mass is 10.0. The Hall–Kier alpha value is -1.99. The molecule has 4 heteroatoms. The average molecular weight is 241 g/mol. The van der Waals surface area contributed by atoms with E-state index in [2.05, 4.69) is 11.1 Å². The molecule has 0 bridgehead atoms. The monoisotopic (exact) mass is 241 g/mol. The third-order valence-electron chi connectivity index (χ3n) is 2.43. The zero-order valence-electron chi connectivity index (χ0n) is 9.34. The molecule has 0 fully saturated rings. The van der Waals surface area contributed by atoms with Crippen LogP contribution in [0.25, 0.3) is 11.1 Å². The lowest BCUT2D eigenvalue weighted by Gasteiger charge is -2.08. The van der Waals surface area contributed by atoms with Crippen LogP contribution in [0.4, 0.5) is 5.82 Å². The summed E-state index contributed by atoms with van der Waals surface area (Å²) in [5, 5.41) is 9.97. The maximum Gasteiger partial charge on any atom is 0.143 e. The Kier molecular flexibility index (Phi) is 3.31. The quantitative estimate of drug-likeness (QED) is 0.821. The topological polar surface area (TPSA) is 62.7 Å². The normalized spacial score (nSPS) is 9.88. The SMILES string of the molecule is CSc1cc(-c2ccccc2)c(C#N)c(N)n1. The van der Waals surface area contributed by atoms with Crippen molar-refractivity contribution in [2.45, 2.75) is 5.03 Å². The van der Waals surface area contributed by atoms with Gasteiger partial charge in [-0.25, -0.2) is 4.98 Å². The van der Waals surface area contributed by atoms with E-state index >= 15 is 0 Å². The first-order chi connectivity index (χ1) is 8.26. The van der Waals surface area contributed by atoms with E-state index < -0.39 is 0 Å². The minimum absolute atomic E-state index is 0.290. The molecule has 0 radical (unpaired) electrons. The van der Waals surface area contributed by atoms with E-state index in [1.54, 1.807) is 0 Å². The summed E-state index contributed by atoms with van der Waals surface area (Å²) in [6.45, 7) is 0. The lowest BCUT2D eigenvalue weighted by molar-refractivity contribution is 1.14. The molecule has 17 heavy (non-hydrogen) atoms. The fourth-order valence-electron chi connectivity index (χ4n) is 1.61. The van der Waals surface area contributed by atoms with Crippen LogP contribution in [0.3, 0.4) is 0 Å². The van der Waals surface area contributed by atoms with Gasteiger partial charge in [0.25, 0.3) is 0 Å². The van der Waals surface area contributed by atoms with Gasteiger partial charge in [0, 0.05) is 5.56 Å². The molecule has 3 nitrogen and oxygen atoms in total. The van der Waals surface area contributed by atoms with E-state index in [1.807, 2.05) is 42.7 Å². The molecular weight excluding hydrogens is 230 g/mol. The highest BCUT2D eigenvalue weighted by molar-refractivity contribution is 7.98. The van der Waals surface area contributed by atoms with Crippen LogP contribution in [0, 0.1) is 11.3 Å². The Morgan fingerprint density at radius 3 is 2.59 bits per heavy atom. The molecule has 0 saturated heterocycles. The van der Waals surface area contributed by atoms with Crippen molar-refractivity contribution in [2.75, 3.05) is 12.0 Å². The molecule has 0 saturated carbocycles. The average Bonchev–Trinajstić information content (AvgIpc) is 2.38. The van der Waals surface area contributed by atoms with Crippen molar-refractivity contribution in [3.63, 3.8) is 0 Å². The molecule has 0 spiro atoms. The lowest BCUT2D eigenvalue weighted by Crippen LogP contribution is -1.98. The van der Waals surface area contributed by atoms with E-state index in [-0.39, 0.29) is 0 Å². The number of nitrogens with two attached hydrogens (primary N) is 1. The van der Waals surface area contributed by atoms with Gasteiger partial charge < -0.3 is 5.73 Å². The van der Waals surface area contributed by atoms with Gasteiger partial charge in [-0.15, -0.1) is 11.8 Å². The summed E-state index contributed by atoms with van der Waals surface area (Å²) in [5.74, 6) is 0.290. The third kappa shape index (κ3) is 2.24. The fraction of sp³-hybridized carbons (Fsp3) is 0.0769. The van der Waals surface area contributed by atoms with Gasteiger partial charge in [-0.2, -0.15) is 5.26 Å². The first-order valence-electron chi connectivity index (χ1n) is 5.06. The van der Waals surface area contributed by atoms with Crippen LogP contribution in [-0.2, 0) is 0 Å². The molecule has 0 amide bonds. The number of rotatable bonds is 2. The zero-order valence-corrected chi connectivity index (χ0v) is 10.2. The maximum atomic E-state index is 9.15. The molecule has 0 unspecified atom stereocenters. The predicted octanol–water partition coefficient (Wildman–Crippen LogP) is 2.92. The first-order valence-corrected chi connectivity index (χ1v) is 6.28. The third-order valence-corrected chi connectivity index (χ3v) is 3.06. The Morgan fingerprint density at radius 2 is 2.00 bits per heavy atom. The second kappa shape index (κ2) is 4.89.